The number of phenols is 8. The Balaban J connectivity index is 1.12. The van der Waals surface area contributed by atoms with Gasteiger partial charge in [-0.2, -0.15) is 0 Å². The second-order valence-corrected chi connectivity index (χ2v) is 21.6. The smallest absolute Gasteiger partial charge is 0.123 e. The summed E-state index contributed by atoms with van der Waals surface area (Å²) in [5.74, 6) is -6.41. The fourth-order valence-electron chi connectivity index (χ4n) is 12.4. The molecule has 0 aliphatic heterocycles. The zero-order valence-corrected chi connectivity index (χ0v) is 45.3. The van der Waals surface area contributed by atoms with Gasteiger partial charge in [-0.05, 0) is 91.0 Å². The zero-order valence-electron chi connectivity index (χ0n) is 45.3. The molecule has 0 unspecified atom stereocenters. The molecule has 8 N–H and O–H groups in total. The van der Waals surface area contributed by atoms with E-state index in [4.69, 9.17) is 0 Å². The van der Waals surface area contributed by atoms with Crippen LogP contribution in [0.3, 0.4) is 0 Å². The quantitative estimate of drug-likeness (QED) is 0.0746. The standard InChI is InChI=1S/C76H56O8/c77-65-41-67(79)59-37-57(65)73(53-29-21-49(22-30-53)45-13-5-1-6-14-45)58-38-60(68(80)42-66(58)78)75(55-33-25-51(26-34-55)47-17-9-3-10-18-47)62-40-64(72(84)44-70(62)82)76(56-35-27-52(28-36-56)48-19-11-4-12-20-48)63-39-61(69(81)43-71(63)83)74(59)54-31-23-50(24-32-54)46-15-7-2-8-16-46/h1-44,73-84H/t73-,74+,75-,76+. The van der Waals surface area contributed by atoms with Gasteiger partial charge in [-0.15, -0.1) is 0 Å². The largest absolute Gasteiger partial charge is 0.507 e. The van der Waals surface area contributed by atoms with Crippen LogP contribution in [-0.2, 0) is 0 Å². The Bertz CT molecular complexity index is 3690. The molecule has 1 aliphatic carbocycles. The number of rotatable bonds is 8. The molecule has 0 saturated carbocycles. The number of fused-ring (bicyclic) bond motifs is 8. The highest BCUT2D eigenvalue weighted by atomic mass is 16.3. The van der Waals surface area contributed by atoms with Crippen molar-refractivity contribution >= 4 is 0 Å². The third kappa shape index (κ3) is 9.75. The highest BCUT2D eigenvalue weighted by Crippen LogP contribution is 2.54. The van der Waals surface area contributed by atoms with Crippen LogP contribution in [0.15, 0.2) is 267 Å². The van der Waals surface area contributed by atoms with Crippen LogP contribution in [0, 0.1) is 0 Å². The van der Waals surface area contributed by atoms with Gasteiger partial charge in [0.05, 0.1) is 0 Å². The summed E-state index contributed by atoms with van der Waals surface area (Å²) in [5.41, 5.74) is 12.3. The molecule has 13 rings (SSSR count). The lowest BCUT2D eigenvalue weighted by molar-refractivity contribution is 0.431. The molecule has 8 heteroatoms. The summed E-state index contributed by atoms with van der Waals surface area (Å²) in [4.78, 5) is 0. The molecule has 84 heavy (non-hydrogen) atoms. The number of benzene rings is 12. The van der Waals surface area contributed by atoms with E-state index in [0.717, 1.165) is 44.5 Å². The average molecular weight is 1100 g/mol. The van der Waals surface area contributed by atoms with E-state index in [-0.39, 0.29) is 90.5 Å². The van der Waals surface area contributed by atoms with Crippen molar-refractivity contribution in [1.82, 2.24) is 0 Å². The molecule has 0 aromatic heterocycles. The molecule has 0 amide bonds. The molecule has 1 aliphatic rings. The molecule has 0 fully saturated rings. The maximum Gasteiger partial charge on any atom is 0.123 e. The van der Waals surface area contributed by atoms with Crippen molar-refractivity contribution in [3.8, 4) is 90.5 Å². The van der Waals surface area contributed by atoms with Gasteiger partial charge in [-0.1, -0.05) is 218 Å². The third-order valence-electron chi connectivity index (χ3n) is 16.6. The minimum atomic E-state index is -1.00. The molecule has 0 saturated heterocycles. The van der Waals surface area contributed by atoms with Crippen molar-refractivity contribution in [2.24, 2.45) is 0 Å². The Morgan fingerprint density at radius 3 is 0.452 bits per heavy atom. The topological polar surface area (TPSA) is 162 Å². The van der Waals surface area contributed by atoms with E-state index in [0.29, 0.717) is 22.3 Å². The van der Waals surface area contributed by atoms with Crippen molar-refractivity contribution in [3.63, 3.8) is 0 Å². The SMILES string of the molecule is Oc1cc(O)c2cc1[C@H](c1ccc(-c3ccccc3)cc1)c1cc(c(O)cc1O)[C@H](c1ccc(-c3ccccc3)cc1)c1cc(c(O)cc1O)[C@H](c1ccc(-c3ccccc3)cc1)c1cc(c(O)cc1O)[C@@H]2c1ccc(-c2ccccc2)cc1. The second-order valence-electron chi connectivity index (χ2n) is 21.6. The van der Waals surface area contributed by atoms with E-state index in [1.807, 2.05) is 218 Å². The molecular weight excluding hydrogens is 1040 g/mol. The Kier molecular flexibility index (Phi) is 13.6. The molecule has 8 bridgehead atoms. The summed E-state index contributed by atoms with van der Waals surface area (Å²) in [6.07, 6.45) is 0. The summed E-state index contributed by atoms with van der Waals surface area (Å²) in [6, 6.07) is 82.5. The van der Waals surface area contributed by atoms with Crippen molar-refractivity contribution in [3.05, 3.63) is 334 Å². The van der Waals surface area contributed by atoms with Crippen LogP contribution in [0.2, 0.25) is 0 Å². The van der Waals surface area contributed by atoms with Crippen molar-refractivity contribution in [1.29, 1.82) is 0 Å². The molecule has 408 valence electrons. The first-order valence-electron chi connectivity index (χ1n) is 27.8. The van der Waals surface area contributed by atoms with Crippen LogP contribution in [0.25, 0.3) is 44.5 Å². The van der Waals surface area contributed by atoms with Gasteiger partial charge in [0.1, 0.15) is 46.0 Å². The summed E-state index contributed by atoms with van der Waals surface area (Å²) >= 11 is 0. The van der Waals surface area contributed by atoms with Crippen LogP contribution in [-0.4, -0.2) is 40.9 Å². The van der Waals surface area contributed by atoms with E-state index in [9.17, 15) is 40.9 Å². The maximum atomic E-state index is 12.5. The summed E-state index contributed by atoms with van der Waals surface area (Å²) in [7, 11) is 0. The van der Waals surface area contributed by atoms with Crippen molar-refractivity contribution in [2.45, 2.75) is 23.7 Å². The van der Waals surface area contributed by atoms with E-state index < -0.39 is 23.7 Å². The fraction of sp³-hybridized carbons (Fsp3) is 0.0526. The monoisotopic (exact) mass is 1100 g/mol. The Labute approximate surface area is 486 Å². The number of phenolic OH excluding ortho intramolecular Hbond substituents is 8. The van der Waals surface area contributed by atoms with E-state index in [1.54, 1.807) is 24.3 Å². The molecule has 12 aromatic rings. The van der Waals surface area contributed by atoms with Gasteiger partial charge in [0, 0.05) is 92.4 Å². The second kappa shape index (κ2) is 21.8. The van der Waals surface area contributed by atoms with Gasteiger partial charge in [0.25, 0.3) is 0 Å². The summed E-state index contributed by atoms with van der Waals surface area (Å²) < 4.78 is 0. The lowest BCUT2D eigenvalue weighted by atomic mass is 9.75. The Hall–Kier alpha value is -11.0. The number of hydrogen-bond acceptors (Lipinski definition) is 8. The van der Waals surface area contributed by atoms with Crippen LogP contribution < -0.4 is 0 Å². The lowest BCUT2D eigenvalue weighted by Crippen LogP contribution is -2.13. The minimum absolute atomic E-state index is 0.272. The van der Waals surface area contributed by atoms with E-state index in [2.05, 4.69) is 0 Å². The zero-order chi connectivity index (χ0) is 57.6. The number of hydrogen-bond donors (Lipinski definition) is 8. The van der Waals surface area contributed by atoms with Crippen molar-refractivity contribution < 1.29 is 40.9 Å². The summed E-state index contributed by atoms with van der Waals surface area (Å²) in [5, 5.41) is 99.6. The molecule has 0 atom stereocenters. The molecule has 0 heterocycles. The molecule has 0 radical (unpaired) electrons. The van der Waals surface area contributed by atoms with Crippen LogP contribution in [0.4, 0.5) is 0 Å². The number of aromatic hydroxyl groups is 8. The molecule has 0 spiro atoms. The van der Waals surface area contributed by atoms with Gasteiger partial charge in [0.15, 0.2) is 0 Å². The molecular formula is C76H56O8. The third-order valence-corrected chi connectivity index (χ3v) is 16.6. The fourth-order valence-corrected chi connectivity index (χ4v) is 12.4. The highest BCUT2D eigenvalue weighted by Gasteiger charge is 2.35. The van der Waals surface area contributed by atoms with Gasteiger partial charge >= 0.3 is 0 Å². The minimum Gasteiger partial charge on any atom is -0.507 e. The van der Waals surface area contributed by atoms with Gasteiger partial charge in [0.2, 0.25) is 0 Å². The predicted molar refractivity (Wildman–Crippen MR) is 330 cm³/mol. The van der Waals surface area contributed by atoms with Crippen LogP contribution in [0.1, 0.15) is 90.4 Å². The Morgan fingerprint density at radius 2 is 0.298 bits per heavy atom. The maximum absolute atomic E-state index is 12.5. The van der Waals surface area contributed by atoms with E-state index >= 15 is 0 Å². The first-order chi connectivity index (χ1) is 40.9. The van der Waals surface area contributed by atoms with Gasteiger partial charge in [-0.25, -0.2) is 0 Å². The average Bonchev–Trinajstić information content (AvgIpc) is 2.11. The highest BCUT2D eigenvalue weighted by molar-refractivity contribution is 5.72. The van der Waals surface area contributed by atoms with Gasteiger partial charge in [-0.3, -0.25) is 0 Å². The van der Waals surface area contributed by atoms with E-state index in [1.165, 1.54) is 24.3 Å². The first-order valence-corrected chi connectivity index (χ1v) is 27.8. The lowest BCUT2D eigenvalue weighted by Gasteiger charge is -2.30. The normalized spacial score (nSPS) is 15.5. The van der Waals surface area contributed by atoms with Crippen molar-refractivity contribution in [2.75, 3.05) is 0 Å². The first kappa shape index (κ1) is 52.4. The predicted octanol–water partition coefficient (Wildman–Crippen LogP) is 17.0. The Morgan fingerprint density at radius 1 is 0.155 bits per heavy atom. The molecule has 12 aromatic carbocycles. The van der Waals surface area contributed by atoms with Crippen LogP contribution >= 0.6 is 0 Å². The van der Waals surface area contributed by atoms with Gasteiger partial charge < -0.3 is 40.9 Å². The molecule has 8 nitrogen and oxygen atoms in total. The summed E-state index contributed by atoms with van der Waals surface area (Å²) in [6.45, 7) is 0. The van der Waals surface area contributed by atoms with Crippen LogP contribution in [0.5, 0.6) is 46.0 Å².